The Morgan fingerprint density at radius 2 is 1.79 bits per heavy atom. The Labute approximate surface area is 118 Å². The molecule has 0 fully saturated rings. The molecule has 0 amide bonds. The molecular formula is C16H11BrN2. The van der Waals surface area contributed by atoms with E-state index in [2.05, 4.69) is 74.7 Å². The van der Waals surface area contributed by atoms with E-state index in [0.29, 0.717) is 0 Å². The number of nitrogens with zero attached hydrogens (tertiary/aromatic N) is 2. The van der Waals surface area contributed by atoms with Gasteiger partial charge in [-0.1, -0.05) is 35.9 Å². The lowest BCUT2D eigenvalue weighted by Crippen LogP contribution is -1.92. The van der Waals surface area contributed by atoms with Crippen LogP contribution in [0.4, 0.5) is 0 Å². The average Bonchev–Trinajstić information content (AvgIpc) is 2.82. The van der Waals surface area contributed by atoms with Crippen LogP contribution in [-0.4, -0.2) is 9.38 Å². The minimum absolute atomic E-state index is 0.988. The Balaban J connectivity index is 2.44. The monoisotopic (exact) mass is 310 g/mol. The summed E-state index contributed by atoms with van der Waals surface area (Å²) in [6, 6.07) is 15.0. The van der Waals surface area contributed by atoms with E-state index in [4.69, 9.17) is 0 Å². The summed E-state index contributed by atoms with van der Waals surface area (Å²) in [5.41, 5.74) is 3.45. The maximum Gasteiger partial charge on any atom is 0.146 e. The first kappa shape index (κ1) is 11.0. The lowest BCUT2D eigenvalue weighted by Gasteiger charge is -2.09. The Bertz CT molecular complexity index is 938. The summed E-state index contributed by atoms with van der Waals surface area (Å²) in [5.74, 6) is 0. The van der Waals surface area contributed by atoms with Gasteiger partial charge in [0, 0.05) is 10.8 Å². The van der Waals surface area contributed by atoms with E-state index in [1.807, 2.05) is 6.20 Å². The number of rotatable bonds is 0. The van der Waals surface area contributed by atoms with Crippen LogP contribution in [0.5, 0.6) is 0 Å². The number of aromatic nitrogens is 2. The highest BCUT2D eigenvalue weighted by Gasteiger charge is 2.11. The number of hydrogen-bond donors (Lipinski definition) is 0. The predicted molar refractivity (Wildman–Crippen MR) is 82.6 cm³/mol. The highest BCUT2D eigenvalue weighted by atomic mass is 79.9. The molecule has 0 saturated carbocycles. The number of pyridine rings is 1. The number of hydrogen-bond acceptors (Lipinski definition) is 1. The second-order valence-corrected chi connectivity index (χ2v) is 5.62. The SMILES string of the molecule is Cc1ccc2c(c1)c1ccccc1c1ncc(Br)n21. The van der Waals surface area contributed by atoms with Crippen LogP contribution in [0.25, 0.3) is 27.3 Å². The largest absolute Gasteiger partial charge is 0.286 e. The topological polar surface area (TPSA) is 17.3 Å². The molecule has 0 bridgehead atoms. The van der Waals surface area contributed by atoms with Gasteiger partial charge in [-0.15, -0.1) is 0 Å². The Hall–Kier alpha value is -1.87. The molecule has 0 radical (unpaired) electrons. The number of halogens is 1. The normalized spacial score (nSPS) is 11.7. The minimum Gasteiger partial charge on any atom is -0.286 e. The fourth-order valence-corrected chi connectivity index (χ4v) is 3.19. The molecule has 0 unspecified atom stereocenters. The van der Waals surface area contributed by atoms with Crippen LogP contribution in [0.1, 0.15) is 5.56 Å². The summed E-state index contributed by atoms with van der Waals surface area (Å²) >= 11 is 3.59. The molecule has 0 aliphatic carbocycles. The third-order valence-corrected chi connectivity index (χ3v) is 4.13. The molecule has 0 aliphatic rings. The molecule has 2 nitrogen and oxygen atoms in total. The van der Waals surface area contributed by atoms with Gasteiger partial charge in [-0.05, 0) is 40.4 Å². The van der Waals surface area contributed by atoms with Gasteiger partial charge in [0.2, 0.25) is 0 Å². The van der Waals surface area contributed by atoms with Gasteiger partial charge >= 0.3 is 0 Å². The fraction of sp³-hybridized carbons (Fsp3) is 0.0625. The minimum atomic E-state index is 0.988. The van der Waals surface area contributed by atoms with Gasteiger partial charge < -0.3 is 0 Å². The van der Waals surface area contributed by atoms with Crippen LogP contribution in [0.15, 0.2) is 53.3 Å². The van der Waals surface area contributed by atoms with E-state index >= 15 is 0 Å². The van der Waals surface area contributed by atoms with Gasteiger partial charge in [-0.3, -0.25) is 4.40 Å². The quantitative estimate of drug-likeness (QED) is 0.430. The Morgan fingerprint density at radius 3 is 2.63 bits per heavy atom. The lowest BCUT2D eigenvalue weighted by atomic mass is 10.0. The fourth-order valence-electron chi connectivity index (χ4n) is 2.72. The zero-order valence-corrected chi connectivity index (χ0v) is 12.0. The van der Waals surface area contributed by atoms with Crippen LogP contribution in [-0.2, 0) is 0 Å². The van der Waals surface area contributed by atoms with E-state index in [9.17, 15) is 0 Å². The van der Waals surface area contributed by atoms with Crippen LogP contribution >= 0.6 is 15.9 Å². The number of imidazole rings is 1. The van der Waals surface area contributed by atoms with E-state index < -0.39 is 0 Å². The van der Waals surface area contributed by atoms with Gasteiger partial charge in [0.15, 0.2) is 0 Å². The molecule has 2 heterocycles. The Morgan fingerprint density at radius 1 is 1.00 bits per heavy atom. The zero-order valence-electron chi connectivity index (χ0n) is 10.4. The van der Waals surface area contributed by atoms with Gasteiger partial charge in [-0.2, -0.15) is 0 Å². The second kappa shape index (κ2) is 3.81. The molecule has 0 aliphatic heterocycles. The lowest BCUT2D eigenvalue weighted by molar-refractivity contribution is 1.23. The molecule has 92 valence electrons. The van der Waals surface area contributed by atoms with Crippen LogP contribution in [0, 0.1) is 6.92 Å². The van der Waals surface area contributed by atoms with Gasteiger partial charge in [-0.25, -0.2) is 4.98 Å². The second-order valence-electron chi connectivity index (χ2n) is 4.81. The predicted octanol–water partition coefficient (Wildman–Crippen LogP) is 4.71. The first-order valence-corrected chi connectivity index (χ1v) is 6.99. The van der Waals surface area contributed by atoms with Crippen molar-refractivity contribution in [2.75, 3.05) is 0 Å². The molecule has 2 aromatic heterocycles. The molecule has 2 aromatic carbocycles. The molecule has 0 atom stereocenters. The molecule has 0 saturated heterocycles. The van der Waals surface area contributed by atoms with Crippen molar-refractivity contribution in [1.29, 1.82) is 0 Å². The summed E-state index contributed by atoms with van der Waals surface area (Å²) in [6.45, 7) is 2.13. The third-order valence-electron chi connectivity index (χ3n) is 3.57. The zero-order chi connectivity index (χ0) is 13.0. The first-order chi connectivity index (χ1) is 9.25. The van der Waals surface area contributed by atoms with Gasteiger partial charge in [0.1, 0.15) is 10.3 Å². The molecule has 4 aromatic rings. The molecule has 3 heteroatoms. The summed E-state index contributed by atoms with van der Waals surface area (Å²) < 4.78 is 3.15. The maximum absolute atomic E-state index is 4.54. The van der Waals surface area contributed by atoms with Crippen LogP contribution in [0.3, 0.4) is 0 Å². The van der Waals surface area contributed by atoms with Gasteiger partial charge in [0.25, 0.3) is 0 Å². The van der Waals surface area contributed by atoms with Crippen LogP contribution in [0.2, 0.25) is 0 Å². The van der Waals surface area contributed by atoms with Gasteiger partial charge in [0.05, 0.1) is 11.7 Å². The standard InChI is InChI=1S/C16H11BrN2/c1-10-6-7-14-13(8-10)11-4-2-3-5-12(11)16-18-9-15(17)19(14)16/h2-9H,1H3. The van der Waals surface area contributed by atoms with E-state index in [-0.39, 0.29) is 0 Å². The highest BCUT2D eigenvalue weighted by Crippen LogP contribution is 2.31. The average molecular weight is 311 g/mol. The van der Waals surface area contributed by atoms with Crippen molar-refractivity contribution in [3.63, 3.8) is 0 Å². The summed E-state index contributed by atoms with van der Waals surface area (Å²) in [6.07, 6.45) is 1.86. The van der Waals surface area contributed by atoms with Crippen molar-refractivity contribution in [3.05, 3.63) is 58.8 Å². The third kappa shape index (κ3) is 1.45. The molecule has 4 rings (SSSR count). The molecule has 0 N–H and O–H groups in total. The van der Waals surface area contributed by atoms with E-state index in [1.165, 1.54) is 27.2 Å². The molecule has 19 heavy (non-hydrogen) atoms. The number of aryl methyl sites for hydroxylation is 1. The van der Waals surface area contributed by atoms with Crippen molar-refractivity contribution < 1.29 is 0 Å². The van der Waals surface area contributed by atoms with Crippen molar-refractivity contribution in [3.8, 4) is 0 Å². The van der Waals surface area contributed by atoms with Crippen molar-refractivity contribution in [2.45, 2.75) is 6.92 Å². The summed E-state index contributed by atoms with van der Waals surface area (Å²) in [7, 11) is 0. The van der Waals surface area contributed by atoms with E-state index in [0.717, 1.165) is 10.3 Å². The summed E-state index contributed by atoms with van der Waals surface area (Å²) in [4.78, 5) is 4.54. The highest BCUT2D eigenvalue weighted by molar-refractivity contribution is 9.10. The molecule has 0 spiro atoms. The number of fused-ring (bicyclic) bond motifs is 6. The maximum atomic E-state index is 4.54. The van der Waals surface area contributed by atoms with Crippen molar-refractivity contribution >= 4 is 43.3 Å². The first-order valence-electron chi connectivity index (χ1n) is 6.20. The Kier molecular flexibility index (Phi) is 2.21. The van der Waals surface area contributed by atoms with Crippen LogP contribution < -0.4 is 0 Å². The number of benzene rings is 2. The van der Waals surface area contributed by atoms with E-state index in [1.54, 1.807) is 0 Å². The molecular weight excluding hydrogens is 300 g/mol. The van der Waals surface area contributed by atoms with Crippen molar-refractivity contribution in [1.82, 2.24) is 9.38 Å². The smallest absolute Gasteiger partial charge is 0.146 e. The summed E-state index contributed by atoms with van der Waals surface area (Å²) in [5, 5.41) is 3.71. The van der Waals surface area contributed by atoms with Crippen molar-refractivity contribution in [2.24, 2.45) is 0 Å².